The van der Waals surface area contributed by atoms with Gasteiger partial charge in [0.25, 0.3) is 0 Å². The number of nitrogens with two attached hydrogens (primary N) is 1. The minimum absolute atomic E-state index is 0.0927. The summed E-state index contributed by atoms with van der Waals surface area (Å²) in [6.45, 7) is 1.26. The van der Waals surface area contributed by atoms with Crippen LogP contribution in [-0.4, -0.2) is 37.6 Å². The maximum atomic E-state index is 12.4. The van der Waals surface area contributed by atoms with Gasteiger partial charge in [0.2, 0.25) is 11.8 Å². The highest BCUT2D eigenvalue weighted by Gasteiger charge is 2.39. The Labute approximate surface area is 141 Å². The molecule has 0 aliphatic carbocycles. The molecule has 5 N–H and O–H groups in total. The number of benzene rings is 1. The molecule has 24 heavy (non-hydrogen) atoms. The van der Waals surface area contributed by atoms with Crippen LogP contribution in [0.2, 0.25) is 0 Å². The zero-order valence-corrected chi connectivity index (χ0v) is 13.6. The SMILES string of the molecule is NC(=O)C1(CNC(=O)C2CC(c3ccccc3)NN2)CCOCC1. The highest BCUT2D eigenvalue weighted by Crippen LogP contribution is 2.29. The summed E-state index contributed by atoms with van der Waals surface area (Å²) in [6, 6.07) is 9.74. The Morgan fingerprint density at radius 3 is 2.58 bits per heavy atom. The van der Waals surface area contributed by atoms with Crippen molar-refractivity contribution in [3.05, 3.63) is 35.9 Å². The molecule has 2 saturated heterocycles. The minimum Gasteiger partial charge on any atom is -0.381 e. The van der Waals surface area contributed by atoms with Crippen molar-refractivity contribution in [2.24, 2.45) is 11.1 Å². The molecule has 1 aromatic carbocycles. The predicted molar refractivity (Wildman–Crippen MR) is 88.5 cm³/mol. The zero-order chi connectivity index (χ0) is 17.0. The third-order valence-corrected chi connectivity index (χ3v) is 5.00. The van der Waals surface area contributed by atoms with Crippen LogP contribution in [-0.2, 0) is 14.3 Å². The number of carbonyl (C=O) groups is 2. The first-order chi connectivity index (χ1) is 11.6. The molecule has 0 aromatic heterocycles. The quantitative estimate of drug-likeness (QED) is 0.607. The Balaban J connectivity index is 1.55. The molecule has 2 aliphatic rings. The number of nitrogens with one attached hydrogen (secondary N) is 3. The summed E-state index contributed by atoms with van der Waals surface area (Å²) in [5, 5.41) is 2.89. The van der Waals surface area contributed by atoms with Gasteiger partial charge in [-0.2, -0.15) is 0 Å². The van der Waals surface area contributed by atoms with Crippen LogP contribution in [0.15, 0.2) is 30.3 Å². The molecule has 2 unspecified atom stereocenters. The van der Waals surface area contributed by atoms with Crippen molar-refractivity contribution in [2.45, 2.75) is 31.3 Å². The van der Waals surface area contributed by atoms with Gasteiger partial charge in [0.05, 0.1) is 5.41 Å². The van der Waals surface area contributed by atoms with Gasteiger partial charge in [0.1, 0.15) is 6.04 Å². The molecule has 0 saturated carbocycles. The summed E-state index contributed by atoms with van der Waals surface area (Å²) in [5.74, 6) is -0.487. The number of hydrogen-bond acceptors (Lipinski definition) is 5. The van der Waals surface area contributed by atoms with E-state index in [-0.39, 0.29) is 30.4 Å². The van der Waals surface area contributed by atoms with Crippen molar-refractivity contribution < 1.29 is 14.3 Å². The van der Waals surface area contributed by atoms with Crippen LogP contribution in [0.25, 0.3) is 0 Å². The van der Waals surface area contributed by atoms with E-state index in [0.29, 0.717) is 32.5 Å². The molecule has 2 atom stereocenters. The van der Waals surface area contributed by atoms with Crippen LogP contribution in [0.4, 0.5) is 0 Å². The number of ether oxygens (including phenoxy) is 1. The second-order valence-corrected chi connectivity index (χ2v) is 6.51. The number of carbonyl (C=O) groups excluding carboxylic acids is 2. The number of amides is 2. The Morgan fingerprint density at radius 2 is 1.92 bits per heavy atom. The number of primary amides is 1. The topological polar surface area (TPSA) is 105 Å². The second kappa shape index (κ2) is 7.29. The van der Waals surface area contributed by atoms with Crippen LogP contribution in [0, 0.1) is 5.41 Å². The summed E-state index contributed by atoms with van der Waals surface area (Å²) in [4.78, 5) is 24.3. The van der Waals surface area contributed by atoms with Gasteiger partial charge in [0, 0.05) is 25.8 Å². The minimum atomic E-state index is -0.696. The lowest BCUT2D eigenvalue weighted by molar-refractivity contribution is -0.134. The standard InChI is InChI=1S/C17H24N4O3/c18-16(23)17(6-8-24-9-7-17)11-19-15(22)14-10-13(20-21-14)12-4-2-1-3-5-12/h1-5,13-14,20-21H,6-11H2,(H2,18,23)(H,19,22). The third-order valence-electron chi connectivity index (χ3n) is 5.00. The first kappa shape index (κ1) is 16.9. The molecule has 2 fully saturated rings. The molecule has 0 bridgehead atoms. The molecule has 0 spiro atoms. The van der Waals surface area contributed by atoms with Crippen molar-refractivity contribution in [2.75, 3.05) is 19.8 Å². The van der Waals surface area contributed by atoms with Gasteiger partial charge in [-0.15, -0.1) is 0 Å². The number of hydrazine groups is 1. The van der Waals surface area contributed by atoms with E-state index in [0.717, 1.165) is 5.56 Å². The van der Waals surface area contributed by atoms with E-state index >= 15 is 0 Å². The van der Waals surface area contributed by atoms with Gasteiger partial charge in [-0.25, -0.2) is 10.9 Å². The average molecular weight is 332 g/mol. The molecular weight excluding hydrogens is 308 g/mol. The third kappa shape index (κ3) is 3.58. The van der Waals surface area contributed by atoms with E-state index in [4.69, 9.17) is 10.5 Å². The van der Waals surface area contributed by atoms with Crippen molar-refractivity contribution in [1.82, 2.24) is 16.2 Å². The van der Waals surface area contributed by atoms with Crippen LogP contribution < -0.4 is 21.9 Å². The summed E-state index contributed by atoms with van der Waals surface area (Å²) in [5.41, 5.74) is 12.2. The van der Waals surface area contributed by atoms with Gasteiger partial charge in [-0.1, -0.05) is 30.3 Å². The van der Waals surface area contributed by atoms with Crippen molar-refractivity contribution in [3.63, 3.8) is 0 Å². The van der Waals surface area contributed by atoms with E-state index in [9.17, 15) is 9.59 Å². The van der Waals surface area contributed by atoms with Crippen LogP contribution in [0.5, 0.6) is 0 Å². The van der Waals surface area contributed by atoms with E-state index in [2.05, 4.69) is 16.2 Å². The second-order valence-electron chi connectivity index (χ2n) is 6.51. The fourth-order valence-corrected chi connectivity index (χ4v) is 3.28. The van der Waals surface area contributed by atoms with E-state index < -0.39 is 5.41 Å². The molecule has 7 heteroatoms. The molecular formula is C17H24N4O3. The normalized spacial score (nSPS) is 26.0. The molecule has 130 valence electrons. The Hall–Kier alpha value is -1.96. The van der Waals surface area contributed by atoms with Gasteiger partial charge < -0.3 is 15.8 Å². The lowest BCUT2D eigenvalue weighted by Gasteiger charge is -2.34. The Morgan fingerprint density at radius 1 is 1.21 bits per heavy atom. The molecule has 7 nitrogen and oxygen atoms in total. The highest BCUT2D eigenvalue weighted by atomic mass is 16.5. The van der Waals surface area contributed by atoms with E-state index in [1.807, 2.05) is 30.3 Å². The Kier molecular flexibility index (Phi) is 5.13. The lowest BCUT2D eigenvalue weighted by Crippen LogP contribution is -2.52. The van der Waals surface area contributed by atoms with Gasteiger partial charge in [0.15, 0.2) is 0 Å². The smallest absolute Gasteiger partial charge is 0.238 e. The highest BCUT2D eigenvalue weighted by molar-refractivity contribution is 5.85. The van der Waals surface area contributed by atoms with Crippen LogP contribution in [0.1, 0.15) is 30.9 Å². The van der Waals surface area contributed by atoms with Crippen molar-refractivity contribution in [3.8, 4) is 0 Å². The lowest BCUT2D eigenvalue weighted by atomic mass is 9.79. The van der Waals surface area contributed by atoms with Gasteiger partial charge in [-0.3, -0.25) is 9.59 Å². The first-order valence-electron chi connectivity index (χ1n) is 8.32. The van der Waals surface area contributed by atoms with Gasteiger partial charge >= 0.3 is 0 Å². The zero-order valence-electron chi connectivity index (χ0n) is 13.6. The Bertz CT molecular complexity index is 587. The molecule has 3 rings (SSSR count). The van der Waals surface area contributed by atoms with Crippen LogP contribution >= 0.6 is 0 Å². The fraction of sp³-hybridized carbons (Fsp3) is 0.529. The van der Waals surface area contributed by atoms with Crippen molar-refractivity contribution in [1.29, 1.82) is 0 Å². The molecule has 2 aliphatic heterocycles. The largest absolute Gasteiger partial charge is 0.381 e. The molecule has 2 heterocycles. The molecule has 0 radical (unpaired) electrons. The summed E-state index contributed by atoms with van der Waals surface area (Å²) in [7, 11) is 0. The van der Waals surface area contributed by atoms with Crippen LogP contribution in [0.3, 0.4) is 0 Å². The van der Waals surface area contributed by atoms with E-state index in [1.54, 1.807) is 0 Å². The molecule has 1 aromatic rings. The molecule has 2 amide bonds. The maximum absolute atomic E-state index is 12.4. The first-order valence-corrected chi connectivity index (χ1v) is 8.32. The fourth-order valence-electron chi connectivity index (χ4n) is 3.28. The van der Waals surface area contributed by atoms with E-state index in [1.165, 1.54) is 0 Å². The van der Waals surface area contributed by atoms with Gasteiger partial charge in [-0.05, 0) is 24.8 Å². The monoisotopic (exact) mass is 332 g/mol. The summed E-state index contributed by atoms with van der Waals surface area (Å²) < 4.78 is 5.30. The predicted octanol–water partition coefficient (Wildman–Crippen LogP) is -0.00750. The number of hydrogen-bond donors (Lipinski definition) is 4. The average Bonchev–Trinajstić information content (AvgIpc) is 3.11. The number of rotatable bonds is 5. The van der Waals surface area contributed by atoms with Crippen molar-refractivity contribution >= 4 is 11.8 Å². The summed E-state index contributed by atoms with van der Waals surface area (Å²) >= 11 is 0. The summed E-state index contributed by atoms with van der Waals surface area (Å²) in [6.07, 6.45) is 1.75. The maximum Gasteiger partial charge on any atom is 0.238 e.